The molecule has 0 saturated heterocycles. The molecule has 1 aromatic carbocycles. The maximum absolute atomic E-state index is 8.92. The molecule has 2 unspecified atom stereocenters. The number of rotatable bonds is 2. The van der Waals surface area contributed by atoms with Crippen LogP contribution in [-0.4, -0.2) is 17.2 Å². The van der Waals surface area contributed by atoms with Crippen LogP contribution in [0.5, 0.6) is 0 Å². The van der Waals surface area contributed by atoms with Crippen LogP contribution in [0.25, 0.3) is 0 Å². The second kappa shape index (κ2) is 3.33. The van der Waals surface area contributed by atoms with Crippen molar-refractivity contribution in [2.24, 2.45) is 0 Å². The van der Waals surface area contributed by atoms with Crippen LogP contribution in [0.15, 0.2) is 24.3 Å². The molecular weight excluding hydrogens is 186 g/mol. The van der Waals surface area contributed by atoms with E-state index in [0.29, 0.717) is 5.02 Å². The van der Waals surface area contributed by atoms with Gasteiger partial charge >= 0.3 is 7.12 Å². The Morgan fingerprint density at radius 1 is 1.38 bits per heavy atom. The summed E-state index contributed by atoms with van der Waals surface area (Å²) in [4.78, 5) is 0. The first-order valence-corrected chi connectivity index (χ1v) is 4.68. The molecule has 0 aromatic heterocycles. The first-order chi connectivity index (χ1) is 6.18. The van der Waals surface area contributed by atoms with Crippen molar-refractivity contribution in [3.05, 3.63) is 34.9 Å². The van der Waals surface area contributed by atoms with Crippen molar-refractivity contribution in [3.8, 4) is 0 Å². The van der Waals surface area contributed by atoms with Gasteiger partial charge in [-0.25, -0.2) is 0 Å². The normalized spacial score (nSPS) is 25.8. The van der Waals surface area contributed by atoms with Crippen LogP contribution >= 0.6 is 11.6 Å². The highest BCUT2D eigenvalue weighted by Gasteiger charge is 2.46. The summed E-state index contributed by atoms with van der Waals surface area (Å²) >= 11 is 5.82. The van der Waals surface area contributed by atoms with Crippen LogP contribution in [0.2, 0.25) is 10.8 Å². The Labute approximate surface area is 82.3 Å². The van der Waals surface area contributed by atoms with Crippen molar-refractivity contribution in [1.82, 2.24) is 0 Å². The quantitative estimate of drug-likeness (QED) is 0.707. The highest BCUT2D eigenvalue weighted by Crippen LogP contribution is 2.53. The molecule has 4 heteroatoms. The lowest BCUT2D eigenvalue weighted by Gasteiger charge is -1.99. The third kappa shape index (κ3) is 1.88. The molecule has 0 amide bonds. The largest absolute Gasteiger partial charge is 0.455 e. The number of benzene rings is 1. The molecule has 1 saturated carbocycles. The predicted octanol–water partition coefficient (Wildman–Crippen LogP) is 1.67. The van der Waals surface area contributed by atoms with E-state index < -0.39 is 7.12 Å². The lowest BCUT2D eigenvalue weighted by atomic mass is 9.81. The van der Waals surface area contributed by atoms with Crippen LogP contribution in [0.4, 0.5) is 0 Å². The molecule has 2 nitrogen and oxygen atoms in total. The van der Waals surface area contributed by atoms with Crippen molar-refractivity contribution in [2.75, 3.05) is 0 Å². The molecule has 0 aliphatic heterocycles. The summed E-state index contributed by atoms with van der Waals surface area (Å²) in [6.45, 7) is 0. The molecule has 68 valence electrons. The van der Waals surface area contributed by atoms with Crippen molar-refractivity contribution < 1.29 is 10.0 Å². The molecule has 1 aliphatic rings. The van der Waals surface area contributed by atoms with E-state index in [2.05, 4.69) is 0 Å². The Morgan fingerprint density at radius 3 is 2.69 bits per heavy atom. The Hall–Kier alpha value is -0.505. The van der Waals surface area contributed by atoms with Gasteiger partial charge in [-0.05, 0) is 30.0 Å². The van der Waals surface area contributed by atoms with E-state index in [0.717, 1.165) is 12.0 Å². The minimum Gasteiger partial charge on any atom is -0.427 e. The fourth-order valence-electron chi connectivity index (χ4n) is 1.66. The van der Waals surface area contributed by atoms with Gasteiger partial charge in [0.05, 0.1) is 0 Å². The Bertz CT molecular complexity index is 316. The summed E-state index contributed by atoms with van der Waals surface area (Å²) in [6, 6.07) is 7.56. The molecule has 0 spiro atoms. The van der Waals surface area contributed by atoms with Crippen LogP contribution in [0.1, 0.15) is 17.9 Å². The number of hydrogen-bond donors (Lipinski definition) is 2. The molecule has 13 heavy (non-hydrogen) atoms. The van der Waals surface area contributed by atoms with Crippen molar-refractivity contribution in [1.29, 1.82) is 0 Å². The van der Waals surface area contributed by atoms with Crippen molar-refractivity contribution >= 4 is 18.7 Å². The smallest absolute Gasteiger partial charge is 0.427 e. The van der Waals surface area contributed by atoms with Crippen LogP contribution in [0, 0.1) is 0 Å². The van der Waals surface area contributed by atoms with E-state index in [1.54, 1.807) is 0 Å². The molecule has 1 aromatic rings. The molecule has 1 aliphatic carbocycles. The summed E-state index contributed by atoms with van der Waals surface area (Å²) in [5.74, 6) is 0.275. The molecule has 0 radical (unpaired) electrons. The third-order valence-corrected chi connectivity index (χ3v) is 2.73. The topological polar surface area (TPSA) is 40.5 Å². The number of hydrogen-bond acceptors (Lipinski definition) is 2. The van der Waals surface area contributed by atoms with E-state index in [-0.39, 0.29) is 11.7 Å². The monoisotopic (exact) mass is 196 g/mol. The van der Waals surface area contributed by atoms with E-state index in [1.165, 1.54) is 0 Å². The molecule has 2 N–H and O–H groups in total. The zero-order chi connectivity index (χ0) is 9.42. The van der Waals surface area contributed by atoms with Gasteiger partial charge in [-0.2, -0.15) is 0 Å². The van der Waals surface area contributed by atoms with E-state index in [9.17, 15) is 0 Å². The minimum atomic E-state index is -1.19. The maximum Gasteiger partial charge on any atom is 0.455 e. The van der Waals surface area contributed by atoms with Gasteiger partial charge in [-0.1, -0.05) is 23.7 Å². The average molecular weight is 196 g/mol. The Balaban J connectivity index is 2.12. The van der Waals surface area contributed by atoms with Crippen LogP contribution in [0.3, 0.4) is 0 Å². The Morgan fingerprint density at radius 2 is 2.15 bits per heavy atom. The van der Waals surface area contributed by atoms with Gasteiger partial charge < -0.3 is 10.0 Å². The first-order valence-electron chi connectivity index (χ1n) is 4.30. The van der Waals surface area contributed by atoms with Crippen LogP contribution in [-0.2, 0) is 0 Å². The van der Waals surface area contributed by atoms with Gasteiger partial charge in [0, 0.05) is 10.8 Å². The fraction of sp³-hybridized carbons (Fsp3) is 0.333. The summed E-state index contributed by atoms with van der Waals surface area (Å²) in [6.07, 6.45) is 0.845. The highest BCUT2D eigenvalue weighted by molar-refractivity contribution is 6.44. The molecule has 1 fully saturated rings. The SMILES string of the molecule is OB(O)C1CC1c1cccc(Cl)c1. The van der Waals surface area contributed by atoms with Crippen LogP contribution < -0.4 is 0 Å². The average Bonchev–Trinajstić information content (AvgIpc) is 2.82. The van der Waals surface area contributed by atoms with Gasteiger partial charge in [-0.15, -0.1) is 0 Å². The summed E-state index contributed by atoms with van der Waals surface area (Å²) in [7, 11) is -1.19. The zero-order valence-corrected chi connectivity index (χ0v) is 7.78. The summed E-state index contributed by atoms with van der Waals surface area (Å²) in [5.41, 5.74) is 1.10. The fourth-order valence-corrected chi connectivity index (χ4v) is 1.86. The molecule has 2 rings (SSSR count). The second-order valence-electron chi connectivity index (χ2n) is 3.47. The van der Waals surface area contributed by atoms with Gasteiger partial charge in [-0.3, -0.25) is 0 Å². The summed E-state index contributed by atoms with van der Waals surface area (Å²) < 4.78 is 0. The molecule has 0 bridgehead atoms. The first kappa shape index (κ1) is 9.07. The van der Waals surface area contributed by atoms with Gasteiger partial charge in [0.1, 0.15) is 0 Å². The summed E-state index contributed by atoms with van der Waals surface area (Å²) in [5, 5.41) is 18.5. The molecule has 2 atom stereocenters. The van der Waals surface area contributed by atoms with E-state index in [4.69, 9.17) is 21.6 Å². The molecular formula is C9H10BClO2. The minimum absolute atomic E-state index is 0.00142. The lowest BCUT2D eigenvalue weighted by molar-refractivity contribution is 0.402. The van der Waals surface area contributed by atoms with E-state index >= 15 is 0 Å². The predicted molar refractivity (Wildman–Crippen MR) is 52.8 cm³/mol. The second-order valence-corrected chi connectivity index (χ2v) is 3.91. The number of halogens is 1. The standard InChI is InChI=1S/C9H10BClO2/c11-7-3-1-2-6(4-7)8-5-9(8)10(12)13/h1-4,8-9,12-13H,5H2. The molecule has 0 heterocycles. The maximum atomic E-state index is 8.92. The third-order valence-electron chi connectivity index (χ3n) is 2.50. The van der Waals surface area contributed by atoms with Crippen molar-refractivity contribution in [3.63, 3.8) is 0 Å². The zero-order valence-electron chi connectivity index (χ0n) is 7.02. The van der Waals surface area contributed by atoms with Crippen molar-refractivity contribution in [2.45, 2.75) is 18.2 Å². The van der Waals surface area contributed by atoms with Gasteiger partial charge in [0.25, 0.3) is 0 Å². The van der Waals surface area contributed by atoms with Gasteiger partial charge in [0.15, 0.2) is 0 Å². The highest BCUT2D eigenvalue weighted by atomic mass is 35.5. The van der Waals surface area contributed by atoms with Gasteiger partial charge in [0.2, 0.25) is 0 Å². The van der Waals surface area contributed by atoms with E-state index in [1.807, 2.05) is 24.3 Å². The Kier molecular flexibility index (Phi) is 2.32. The lowest BCUT2D eigenvalue weighted by Crippen LogP contribution is -2.11.